The van der Waals surface area contributed by atoms with Gasteiger partial charge >= 0.3 is 0 Å². The number of imidazole rings is 1. The van der Waals surface area contributed by atoms with E-state index >= 15 is 0 Å². The number of hydrogen-bond acceptors (Lipinski definition) is 8. The Morgan fingerprint density at radius 1 is 1.04 bits per heavy atom. The van der Waals surface area contributed by atoms with Gasteiger partial charge in [0, 0.05) is 6.07 Å². The van der Waals surface area contributed by atoms with E-state index in [-0.39, 0.29) is 0 Å². The Kier molecular flexibility index (Phi) is 3.58. The molecule has 0 fully saturated rings. The number of aromatic nitrogens is 6. The molecule has 3 N–H and O–H groups in total. The van der Waals surface area contributed by atoms with E-state index in [1.54, 1.807) is 23.9 Å². The number of nitrogens with two attached hydrogens (primary N) is 1. The maximum atomic E-state index is 6.03. The lowest BCUT2D eigenvalue weighted by Gasteiger charge is -2.08. The van der Waals surface area contributed by atoms with E-state index in [4.69, 9.17) is 10.5 Å². The lowest BCUT2D eigenvalue weighted by atomic mass is 10.3. The van der Waals surface area contributed by atoms with Crippen molar-refractivity contribution in [3.05, 3.63) is 48.9 Å². The minimum Gasteiger partial charge on any atom is -0.481 e. The predicted octanol–water partition coefficient (Wildman–Crippen LogP) is 1.94. The highest BCUT2D eigenvalue weighted by Gasteiger charge is 2.12. The second-order valence-electron chi connectivity index (χ2n) is 5.12. The first-order chi connectivity index (χ1) is 12.2. The molecule has 0 atom stereocenters. The third-order valence-electron chi connectivity index (χ3n) is 3.55. The second-order valence-corrected chi connectivity index (χ2v) is 5.12. The van der Waals surface area contributed by atoms with E-state index in [1.807, 2.05) is 30.3 Å². The quantitative estimate of drug-likeness (QED) is 0.581. The van der Waals surface area contributed by atoms with Gasteiger partial charge in [-0.3, -0.25) is 0 Å². The molecule has 9 nitrogen and oxygen atoms in total. The van der Waals surface area contributed by atoms with E-state index in [2.05, 4.69) is 30.2 Å². The van der Waals surface area contributed by atoms with E-state index in [0.29, 0.717) is 23.7 Å². The lowest BCUT2D eigenvalue weighted by molar-refractivity contribution is 0.398. The number of pyridine rings is 1. The number of ether oxygens (including phenoxy) is 1. The van der Waals surface area contributed by atoms with Crippen molar-refractivity contribution in [3.8, 4) is 11.8 Å². The first-order valence-corrected chi connectivity index (χ1v) is 7.44. The Labute approximate surface area is 142 Å². The van der Waals surface area contributed by atoms with Crippen LogP contribution in [-0.2, 0) is 0 Å². The predicted molar refractivity (Wildman–Crippen MR) is 92.9 cm³/mol. The fraction of sp³-hybridized carbons (Fsp3) is 0.0625. The molecule has 0 amide bonds. The fourth-order valence-electron chi connectivity index (χ4n) is 2.41. The summed E-state index contributed by atoms with van der Waals surface area (Å²) in [6, 6.07) is 11.1. The molecule has 0 bridgehead atoms. The molecule has 0 unspecified atom stereocenters. The molecule has 1 aromatic carbocycles. The van der Waals surface area contributed by atoms with Crippen LogP contribution in [0.3, 0.4) is 0 Å². The molecule has 3 heterocycles. The third-order valence-corrected chi connectivity index (χ3v) is 3.55. The van der Waals surface area contributed by atoms with Crippen molar-refractivity contribution in [2.24, 2.45) is 0 Å². The van der Waals surface area contributed by atoms with Crippen molar-refractivity contribution in [3.63, 3.8) is 0 Å². The highest BCUT2D eigenvalue weighted by Crippen LogP contribution is 2.21. The van der Waals surface area contributed by atoms with Crippen molar-refractivity contribution >= 4 is 28.6 Å². The SMILES string of the molecule is COc1ccc(Nc2ncnc(-n3c(N)nc4ccccc43)n2)cn1. The summed E-state index contributed by atoms with van der Waals surface area (Å²) in [7, 11) is 1.56. The van der Waals surface area contributed by atoms with Crippen LogP contribution < -0.4 is 15.8 Å². The highest BCUT2D eigenvalue weighted by atomic mass is 16.5. The van der Waals surface area contributed by atoms with Crippen LogP contribution in [0, 0.1) is 0 Å². The van der Waals surface area contributed by atoms with Gasteiger partial charge in [-0.05, 0) is 18.2 Å². The van der Waals surface area contributed by atoms with E-state index in [1.165, 1.54) is 6.33 Å². The summed E-state index contributed by atoms with van der Waals surface area (Å²) in [5.74, 6) is 1.59. The summed E-state index contributed by atoms with van der Waals surface area (Å²) >= 11 is 0. The van der Waals surface area contributed by atoms with E-state index < -0.39 is 0 Å². The largest absolute Gasteiger partial charge is 0.481 e. The summed E-state index contributed by atoms with van der Waals surface area (Å²) in [5.41, 5.74) is 8.35. The molecule has 0 spiro atoms. The number of fused-ring (bicyclic) bond motifs is 1. The zero-order chi connectivity index (χ0) is 17.2. The molecular weight excluding hydrogens is 320 g/mol. The van der Waals surface area contributed by atoms with Gasteiger partial charge in [0.05, 0.1) is 30.0 Å². The summed E-state index contributed by atoms with van der Waals surface area (Å²) in [6.07, 6.45) is 3.04. The van der Waals surface area contributed by atoms with Crippen molar-refractivity contribution in [2.75, 3.05) is 18.2 Å². The molecule has 0 saturated carbocycles. The monoisotopic (exact) mass is 334 g/mol. The van der Waals surface area contributed by atoms with Gasteiger partial charge in [0.2, 0.25) is 23.7 Å². The van der Waals surface area contributed by atoms with Gasteiger partial charge in [-0.2, -0.15) is 4.98 Å². The fourth-order valence-corrected chi connectivity index (χ4v) is 2.41. The van der Waals surface area contributed by atoms with Crippen LogP contribution in [0.2, 0.25) is 0 Å². The highest BCUT2D eigenvalue weighted by molar-refractivity contribution is 5.80. The molecule has 4 rings (SSSR count). The number of rotatable bonds is 4. The van der Waals surface area contributed by atoms with Gasteiger partial charge in [0.25, 0.3) is 0 Å². The number of nitrogens with one attached hydrogen (secondary N) is 1. The van der Waals surface area contributed by atoms with Crippen LogP contribution in [0.15, 0.2) is 48.9 Å². The Morgan fingerprint density at radius 2 is 1.92 bits per heavy atom. The molecule has 124 valence electrons. The molecule has 0 radical (unpaired) electrons. The molecule has 9 heteroatoms. The number of methoxy groups -OCH3 is 1. The van der Waals surface area contributed by atoms with Gasteiger partial charge in [-0.25, -0.2) is 24.5 Å². The summed E-state index contributed by atoms with van der Waals surface area (Å²) < 4.78 is 6.71. The Bertz CT molecular complexity index is 1030. The molecule has 0 saturated heterocycles. The molecule has 0 aliphatic carbocycles. The number of para-hydroxylation sites is 2. The van der Waals surface area contributed by atoms with Crippen LogP contribution >= 0.6 is 0 Å². The van der Waals surface area contributed by atoms with Crippen LogP contribution in [0.5, 0.6) is 5.88 Å². The first kappa shape index (κ1) is 14.8. The Hall–Kier alpha value is -3.75. The third kappa shape index (κ3) is 2.78. The average Bonchev–Trinajstić information content (AvgIpc) is 2.98. The number of nitrogen functional groups attached to an aromatic ring is 1. The molecule has 3 aromatic heterocycles. The summed E-state index contributed by atoms with van der Waals surface area (Å²) in [6.45, 7) is 0. The minimum atomic E-state index is 0.310. The molecule has 4 aromatic rings. The standard InChI is InChI=1S/C16H14N8O/c1-25-13-7-6-10(8-18-13)21-15-19-9-20-16(23-15)24-12-5-3-2-4-11(12)22-14(24)17/h2-9H,1H3,(H2,17,22)(H,19,20,21,23). The van der Waals surface area contributed by atoms with E-state index in [0.717, 1.165) is 16.7 Å². The second kappa shape index (κ2) is 6.04. The maximum Gasteiger partial charge on any atom is 0.241 e. The van der Waals surface area contributed by atoms with Crippen molar-refractivity contribution in [2.45, 2.75) is 0 Å². The minimum absolute atomic E-state index is 0.310. The Morgan fingerprint density at radius 3 is 2.72 bits per heavy atom. The van der Waals surface area contributed by atoms with Crippen LogP contribution in [0.1, 0.15) is 0 Å². The van der Waals surface area contributed by atoms with Crippen molar-refractivity contribution in [1.82, 2.24) is 29.5 Å². The smallest absolute Gasteiger partial charge is 0.241 e. The van der Waals surface area contributed by atoms with Gasteiger partial charge in [-0.1, -0.05) is 12.1 Å². The zero-order valence-corrected chi connectivity index (χ0v) is 13.3. The number of benzene rings is 1. The number of anilines is 3. The van der Waals surface area contributed by atoms with Crippen LogP contribution in [0.25, 0.3) is 17.0 Å². The van der Waals surface area contributed by atoms with Gasteiger partial charge in [0.15, 0.2) is 0 Å². The van der Waals surface area contributed by atoms with Crippen LogP contribution in [0.4, 0.5) is 17.6 Å². The molecular formula is C16H14N8O. The molecule has 25 heavy (non-hydrogen) atoms. The van der Waals surface area contributed by atoms with Gasteiger partial charge in [-0.15, -0.1) is 0 Å². The number of hydrogen-bond donors (Lipinski definition) is 2. The van der Waals surface area contributed by atoms with Crippen LogP contribution in [-0.4, -0.2) is 36.6 Å². The van der Waals surface area contributed by atoms with Crippen molar-refractivity contribution in [1.29, 1.82) is 0 Å². The summed E-state index contributed by atoms with van der Waals surface area (Å²) in [4.78, 5) is 21.2. The first-order valence-electron chi connectivity index (χ1n) is 7.44. The van der Waals surface area contributed by atoms with Gasteiger partial charge < -0.3 is 15.8 Å². The topological polar surface area (TPSA) is 117 Å². The van der Waals surface area contributed by atoms with Gasteiger partial charge in [0.1, 0.15) is 6.33 Å². The molecule has 0 aliphatic heterocycles. The maximum absolute atomic E-state index is 6.03. The van der Waals surface area contributed by atoms with Crippen molar-refractivity contribution < 1.29 is 4.74 Å². The average molecular weight is 334 g/mol. The Balaban J connectivity index is 1.70. The van der Waals surface area contributed by atoms with E-state index in [9.17, 15) is 0 Å². The summed E-state index contributed by atoms with van der Waals surface area (Å²) in [5, 5.41) is 3.07. The zero-order valence-electron chi connectivity index (χ0n) is 13.3. The molecule has 0 aliphatic rings. The lowest BCUT2D eigenvalue weighted by Crippen LogP contribution is -2.08. The number of nitrogens with zero attached hydrogens (tertiary/aromatic N) is 6. The normalized spacial score (nSPS) is 10.8.